The van der Waals surface area contributed by atoms with Gasteiger partial charge in [-0.2, -0.15) is 10.2 Å². The molecular weight excluding hydrogens is 460 g/mol. The van der Waals surface area contributed by atoms with Crippen molar-refractivity contribution in [2.75, 3.05) is 5.73 Å². The summed E-state index contributed by atoms with van der Waals surface area (Å²) < 4.78 is 2.24. The number of pyridine rings is 1. The highest BCUT2D eigenvalue weighted by molar-refractivity contribution is 9.10. The molecule has 0 unspecified atom stereocenters. The van der Waals surface area contributed by atoms with Crippen molar-refractivity contribution in [3.63, 3.8) is 0 Å². The molecule has 4 aromatic rings. The van der Waals surface area contributed by atoms with Gasteiger partial charge in [-0.1, -0.05) is 0 Å². The number of hydrogen-bond donors (Lipinski definition) is 1. The first kappa shape index (κ1) is 20.9. The molecule has 0 spiro atoms. The smallest absolute Gasteiger partial charge is 0.254 e. The normalized spacial score (nSPS) is 12.1. The number of nitrogen functional groups attached to an aromatic ring is 1. The number of anilines is 1. The van der Waals surface area contributed by atoms with Gasteiger partial charge in [0.1, 0.15) is 16.7 Å². The van der Waals surface area contributed by atoms with Crippen molar-refractivity contribution in [3.05, 3.63) is 70.0 Å². The second-order valence-corrected chi connectivity index (χ2v) is 8.14. The Hall–Kier alpha value is -3.40. The predicted molar refractivity (Wildman–Crippen MR) is 120 cm³/mol. The number of rotatable bonds is 5. The Morgan fingerprint density at radius 3 is 2.71 bits per heavy atom. The molecule has 1 aromatic carbocycles. The highest BCUT2D eigenvalue weighted by Gasteiger charge is 2.26. The number of aryl methyl sites for hydroxylation is 2. The van der Waals surface area contributed by atoms with Crippen molar-refractivity contribution in [1.82, 2.24) is 34.8 Å². The van der Waals surface area contributed by atoms with Crippen LogP contribution in [0.2, 0.25) is 0 Å². The zero-order chi connectivity index (χ0) is 22.1. The lowest BCUT2D eigenvalue weighted by molar-refractivity contribution is 0.0663. The van der Waals surface area contributed by atoms with Crippen molar-refractivity contribution >= 4 is 38.6 Å². The van der Waals surface area contributed by atoms with Crippen molar-refractivity contribution in [2.45, 2.75) is 26.4 Å². The van der Waals surface area contributed by atoms with Gasteiger partial charge in [0.05, 0.1) is 23.8 Å². The van der Waals surface area contributed by atoms with Gasteiger partial charge in [0, 0.05) is 18.0 Å². The lowest BCUT2D eigenvalue weighted by atomic mass is 10.1. The molecule has 0 saturated heterocycles. The fraction of sp³-hybridized carbons (Fsp3) is 0.238. The van der Waals surface area contributed by atoms with Crippen LogP contribution < -0.4 is 5.73 Å². The Morgan fingerprint density at radius 2 is 2.03 bits per heavy atom. The number of amides is 1. The van der Waals surface area contributed by atoms with Gasteiger partial charge >= 0.3 is 0 Å². The average Bonchev–Trinajstić information content (AvgIpc) is 3.19. The van der Waals surface area contributed by atoms with Gasteiger partial charge in [-0.05, 0) is 71.7 Å². The van der Waals surface area contributed by atoms with Crippen LogP contribution in [0, 0.1) is 6.92 Å². The highest BCUT2D eigenvalue weighted by Crippen LogP contribution is 2.25. The Bertz CT molecular complexity index is 1250. The largest absolute Gasteiger partial charge is 0.383 e. The van der Waals surface area contributed by atoms with Gasteiger partial charge in [0.25, 0.3) is 5.91 Å². The minimum atomic E-state index is -0.374. The Labute approximate surface area is 187 Å². The van der Waals surface area contributed by atoms with E-state index in [-0.39, 0.29) is 18.5 Å². The summed E-state index contributed by atoms with van der Waals surface area (Å²) in [5.41, 5.74) is 8.71. The molecule has 0 bridgehead atoms. The monoisotopic (exact) mass is 480 g/mol. The Kier molecular flexibility index (Phi) is 5.64. The molecule has 0 aliphatic rings. The standard InChI is InChI=1S/C21H21BrN8O/c1-12-8-15-9-14(4-6-17(15)25-19(12)23)21(31)30(10-16-5-7-18(22)27-26-16)13(2)20-24-11-29(3)28-20/h4-9,11,13H,10H2,1-3H3,(H2,23,25)/t13-/m1/s1. The second-order valence-electron chi connectivity index (χ2n) is 7.33. The number of aromatic nitrogens is 6. The molecule has 31 heavy (non-hydrogen) atoms. The zero-order valence-corrected chi connectivity index (χ0v) is 18.9. The lowest BCUT2D eigenvalue weighted by Crippen LogP contribution is -2.34. The summed E-state index contributed by atoms with van der Waals surface area (Å²) in [5.74, 6) is 0.866. The molecule has 2 N–H and O–H groups in total. The third kappa shape index (κ3) is 4.38. The summed E-state index contributed by atoms with van der Waals surface area (Å²) in [7, 11) is 1.79. The van der Waals surface area contributed by atoms with E-state index in [0.29, 0.717) is 27.5 Å². The van der Waals surface area contributed by atoms with E-state index in [9.17, 15) is 4.79 Å². The van der Waals surface area contributed by atoms with Crippen LogP contribution in [0.15, 0.2) is 47.3 Å². The Balaban J connectivity index is 1.72. The molecule has 0 saturated carbocycles. The topological polar surface area (TPSA) is 116 Å². The molecule has 0 aliphatic heterocycles. The molecule has 10 heteroatoms. The molecule has 3 heterocycles. The summed E-state index contributed by atoms with van der Waals surface area (Å²) in [5, 5.41) is 13.4. The van der Waals surface area contributed by atoms with Crippen LogP contribution in [0.3, 0.4) is 0 Å². The highest BCUT2D eigenvalue weighted by atomic mass is 79.9. The molecular formula is C21H21BrN8O. The van der Waals surface area contributed by atoms with Crippen LogP contribution in [0.5, 0.6) is 0 Å². The fourth-order valence-electron chi connectivity index (χ4n) is 3.27. The van der Waals surface area contributed by atoms with Gasteiger partial charge in [-0.3, -0.25) is 9.48 Å². The number of nitrogens with two attached hydrogens (primary N) is 1. The first-order valence-electron chi connectivity index (χ1n) is 9.63. The number of halogens is 1. The minimum absolute atomic E-state index is 0.166. The number of carbonyl (C=O) groups excluding carboxylic acids is 1. The first-order chi connectivity index (χ1) is 14.8. The predicted octanol–water partition coefficient (Wildman–Crippen LogP) is 3.21. The van der Waals surface area contributed by atoms with E-state index < -0.39 is 0 Å². The van der Waals surface area contributed by atoms with Gasteiger partial charge < -0.3 is 10.6 Å². The van der Waals surface area contributed by atoms with Gasteiger partial charge in [-0.25, -0.2) is 9.97 Å². The molecule has 1 atom stereocenters. The average molecular weight is 481 g/mol. The van der Waals surface area contributed by atoms with Gasteiger partial charge in [0.15, 0.2) is 5.82 Å². The van der Waals surface area contributed by atoms with Crippen molar-refractivity contribution < 1.29 is 4.79 Å². The van der Waals surface area contributed by atoms with E-state index in [0.717, 1.165) is 16.5 Å². The van der Waals surface area contributed by atoms with Gasteiger partial charge in [-0.15, -0.1) is 5.10 Å². The molecule has 0 radical (unpaired) electrons. The molecule has 1 amide bonds. The molecule has 9 nitrogen and oxygen atoms in total. The van der Waals surface area contributed by atoms with Crippen molar-refractivity contribution in [3.8, 4) is 0 Å². The quantitative estimate of drug-likeness (QED) is 0.465. The lowest BCUT2D eigenvalue weighted by Gasteiger charge is -2.27. The molecule has 3 aromatic heterocycles. The minimum Gasteiger partial charge on any atom is -0.383 e. The van der Waals surface area contributed by atoms with Crippen LogP contribution >= 0.6 is 15.9 Å². The SMILES string of the molecule is Cc1cc2cc(C(=O)N(Cc3ccc(Br)nn3)[C@H](C)c3ncn(C)n3)ccc2nc1N. The van der Waals surface area contributed by atoms with E-state index in [1.807, 2.05) is 32.0 Å². The van der Waals surface area contributed by atoms with Gasteiger partial charge in [0.2, 0.25) is 0 Å². The van der Waals surface area contributed by atoms with Crippen LogP contribution in [0.1, 0.15) is 40.4 Å². The number of fused-ring (bicyclic) bond motifs is 1. The molecule has 4 rings (SSSR count). The Morgan fingerprint density at radius 1 is 1.23 bits per heavy atom. The summed E-state index contributed by atoms with van der Waals surface area (Å²) in [6, 6.07) is 10.6. The summed E-state index contributed by atoms with van der Waals surface area (Å²) in [6.45, 7) is 4.05. The number of hydrogen-bond acceptors (Lipinski definition) is 7. The van der Waals surface area contributed by atoms with Crippen LogP contribution in [-0.2, 0) is 13.6 Å². The zero-order valence-electron chi connectivity index (χ0n) is 17.3. The van der Waals surface area contributed by atoms with Crippen molar-refractivity contribution in [2.24, 2.45) is 7.05 Å². The number of benzene rings is 1. The van der Waals surface area contributed by atoms with E-state index in [2.05, 4.69) is 41.2 Å². The third-order valence-corrected chi connectivity index (χ3v) is 5.45. The maximum Gasteiger partial charge on any atom is 0.254 e. The summed E-state index contributed by atoms with van der Waals surface area (Å²) >= 11 is 3.29. The number of nitrogens with zero attached hydrogens (tertiary/aromatic N) is 7. The molecule has 158 valence electrons. The maximum atomic E-state index is 13.6. The molecule has 0 aliphatic carbocycles. The summed E-state index contributed by atoms with van der Waals surface area (Å²) in [4.78, 5) is 24.0. The first-order valence-corrected chi connectivity index (χ1v) is 10.4. The molecule has 0 fully saturated rings. The van der Waals surface area contributed by atoms with Crippen LogP contribution in [0.4, 0.5) is 5.82 Å². The van der Waals surface area contributed by atoms with Crippen molar-refractivity contribution in [1.29, 1.82) is 0 Å². The van der Waals surface area contributed by atoms with E-state index in [1.54, 1.807) is 41.2 Å². The van der Waals surface area contributed by atoms with E-state index in [4.69, 9.17) is 5.73 Å². The van der Waals surface area contributed by atoms with E-state index in [1.165, 1.54) is 0 Å². The number of carbonyl (C=O) groups is 1. The maximum absolute atomic E-state index is 13.6. The third-order valence-electron chi connectivity index (χ3n) is 5.03. The van der Waals surface area contributed by atoms with Crippen LogP contribution in [0.25, 0.3) is 10.9 Å². The fourth-order valence-corrected chi connectivity index (χ4v) is 3.48. The van der Waals surface area contributed by atoms with Crippen LogP contribution in [-0.4, -0.2) is 40.8 Å². The van der Waals surface area contributed by atoms with E-state index >= 15 is 0 Å². The second kappa shape index (κ2) is 8.38. The summed E-state index contributed by atoms with van der Waals surface area (Å²) in [6.07, 6.45) is 1.61.